The van der Waals surface area contributed by atoms with Gasteiger partial charge in [-0.3, -0.25) is 0 Å². The van der Waals surface area contributed by atoms with Gasteiger partial charge in [-0.2, -0.15) is 11.8 Å². The Hall–Kier alpha value is -0.380. The van der Waals surface area contributed by atoms with Crippen LogP contribution in [-0.2, 0) is 6.54 Å². The second kappa shape index (κ2) is 6.38. The molecule has 1 aromatic carbocycles. The van der Waals surface area contributed by atoms with E-state index in [9.17, 15) is 0 Å². The summed E-state index contributed by atoms with van der Waals surface area (Å²) in [5.41, 5.74) is 2.63. The van der Waals surface area contributed by atoms with Crippen LogP contribution in [0.4, 0.5) is 5.69 Å². The van der Waals surface area contributed by atoms with E-state index in [1.807, 2.05) is 6.07 Å². The summed E-state index contributed by atoms with van der Waals surface area (Å²) < 4.78 is 0.327. The summed E-state index contributed by atoms with van der Waals surface area (Å²) in [6.45, 7) is 10.9. The van der Waals surface area contributed by atoms with Crippen LogP contribution < -0.4 is 10.2 Å². The van der Waals surface area contributed by atoms with Crippen LogP contribution in [0.3, 0.4) is 0 Å². The highest BCUT2D eigenvalue weighted by atomic mass is 35.5. The maximum absolute atomic E-state index is 6.14. The Morgan fingerprint density at radius 3 is 2.89 bits per heavy atom. The van der Waals surface area contributed by atoms with E-state index in [1.54, 1.807) is 0 Å². The van der Waals surface area contributed by atoms with Crippen LogP contribution in [-0.4, -0.2) is 30.1 Å². The highest BCUT2D eigenvalue weighted by molar-refractivity contribution is 8.00. The molecule has 0 radical (unpaired) electrons. The van der Waals surface area contributed by atoms with E-state index in [-0.39, 0.29) is 0 Å². The molecule has 1 heterocycles. The van der Waals surface area contributed by atoms with E-state index in [4.69, 9.17) is 11.6 Å². The molecule has 2 rings (SSSR count). The van der Waals surface area contributed by atoms with Gasteiger partial charge in [0.1, 0.15) is 0 Å². The van der Waals surface area contributed by atoms with E-state index in [1.165, 1.54) is 17.0 Å². The third kappa shape index (κ3) is 4.04. The number of hydrogen-bond donors (Lipinski definition) is 1. The van der Waals surface area contributed by atoms with E-state index in [0.29, 0.717) is 4.75 Å². The van der Waals surface area contributed by atoms with Crippen molar-refractivity contribution in [1.82, 2.24) is 5.32 Å². The van der Waals surface area contributed by atoms with Crippen LogP contribution in [0.5, 0.6) is 0 Å². The Labute approximate surface area is 125 Å². The lowest BCUT2D eigenvalue weighted by atomic mass is 10.1. The summed E-state index contributed by atoms with van der Waals surface area (Å²) in [5, 5.41) is 4.22. The summed E-state index contributed by atoms with van der Waals surface area (Å²) in [6, 6.07) is 6.26. The maximum atomic E-state index is 6.14. The third-order valence-corrected chi connectivity index (χ3v) is 4.91. The van der Waals surface area contributed by atoms with Crippen molar-refractivity contribution in [2.24, 2.45) is 0 Å². The van der Waals surface area contributed by atoms with Gasteiger partial charge >= 0.3 is 0 Å². The molecular weight excluding hydrogens is 276 g/mol. The first-order valence-corrected chi connectivity index (χ1v) is 8.26. The third-order valence-electron chi connectivity index (χ3n) is 3.37. The van der Waals surface area contributed by atoms with E-state index in [2.05, 4.69) is 54.9 Å². The average Bonchev–Trinajstić information content (AvgIpc) is 2.35. The van der Waals surface area contributed by atoms with E-state index in [0.717, 1.165) is 31.2 Å². The number of nitrogens with zero attached hydrogens (tertiary/aromatic N) is 1. The lowest BCUT2D eigenvalue weighted by Gasteiger charge is -2.39. The molecule has 19 heavy (non-hydrogen) atoms. The minimum absolute atomic E-state index is 0.327. The highest BCUT2D eigenvalue weighted by Crippen LogP contribution is 2.34. The van der Waals surface area contributed by atoms with Gasteiger partial charge in [0.05, 0.1) is 0 Å². The molecule has 1 aliphatic heterocycles. The molecule has 1 saturated heterocycles. The molecule has 106 valence electrons. The number of nitrogens with one attached hydrogen (secondary N) is 1. The van der Waals surface area contributed by atoms with Crippen molar-refractivity contribution in [1.29, 1.82) is 0 Å². The topological polar surface area (TPSA) is 15.3 Å². The number of rotatable bonds is 4. The number of anilines is 1. The first-order chi connectivity index (χ1) is 9.02. The van der Waals surface area contributed by atoms with Crippen LogP contribution in [0, 0.1) is 0 Å². The molecule has 0 aliphatic carbocycles. The Morgan fingerprint density at radius 1 is 1.42 bits per heavy atom. The monoisotopic (exact) mass is 298 g/mol. The maximum Gasteiger partial charge on any atom is 0.0413 e. The van der Waals surface area contributed by atoms with Gasteiger partial charge in [0.15, 0.2) is 0 Å². The average molecular weight is 299 g/mol. The number of halogens is 1. The van der Waals surface area contributed by atoms with Crippen LogP contribution in [0.2, 0.25) is 5.02 Å². The van der Waals surface area contributed by atoms with E-state index >= 15 is 0 Å². The van der Waals surface area contributed by atoms with Crippen LogP contribution >= 0.6 is 23.4 Å². The van der Waals surface area contributed by atoms with Crippen LogP contribution in [0.1, 0.15) is 26.3 Å². The number of thioether (sulfide) groups is 1. The van der Waals surface area contributed by atoms with Gasteiger partial charge in [-0.05, 0) is 44.2 Å². The van der Waals surface area contributed by atoms with Gasteiger partial charge in [0.25, 0.3) is 0 Å². The predicted octanol–water partition coefficient (Wildman–Crippen LogP) is 3.78. The minimum Gasteiger partial charge on any atom is -0.369 e. The fourth-order valence-electron chi connectivity index (χ4n) is 2.49. The summed E-state index contributed by atoms with van der Waals surface area (Å²) in [4.78, 5) is 2.50. The second-order valence-electron chi connectivity index (χ2n) is 5.58. The number of hydrogen-bond acceptors (Lipinski definition) is 3. The molecule has 0 unspecified atom stereocenters. The van der Waals surface area contributed by atoms with Crippen molar-refractivity contribution in [3.8, 4) is 0 Å². The zero-order valence-electron chi connectivity index (χ0n) is 12.0. The first kappa shape index (κ1) is 15.0. The van der Waals surface area contributed by atoms with Crippen LogP contribution in [0.15, 0.2) is 18.2 Å². The van der Waals surface area contributed by atoms with Gasteiger partial charge in [-0.15, -0.1) is 0 Å². The largest absolute Gasteiger partial charge is 0.369 e. The summed E-state index contributed by atoms with van der Waals surface area (Å²) in [6.07, 6.45) is 0. The highest BCUT2D eigenvalue weighted by Gasteiger charge is 2.28. The van der Waals surface area contributed by atoms with Crippen molar-refractivity contribution in [3.63, 3.8) is 0 Å². The van der Waals surface area contributed by atoms with Gasteiger partial charge in [-0.25, -0.2) is 0 Å². The minimum atomic E-state index is 0.327. The Kier molecular flexibility index (Phi) is 5.04. The normalized spacial score (nSPS) is 18.6. The molecule has 0 aromatic heterocycles. The predicted molar refractivity (Wildman–Crippen MR) is 87.6 cm³/mol. The summed E-state index contributed by atoms with van der Waals surface area (Å²) in [5.74, 6) is 1.19. The zero-order chi connectivity index (χ0) is 13.9. The van der Waals surface area contributed by atoms with Crippen molar-refractivity contribution in [2.45, 2.75) is 32.1 Å². The molecule has 2 nitrogen and oxygen atoms in total. The molecule has 1 aliphatic rings. The Bertz CT molecular complexity index is 434. The van der Waals surface area contributed by atoms with Gasteiger partial charge in [0.2, 0.25) is 0 Å². The molecule has 1 fully saturated rings. The fraction of sp³-hybridized carbons (Fsp3) is 0.600. The molecule has 1 aromatic rings. The molecule has 1 N–H and O–H groups in total. The molecule has 0 atom stereocenters. The van der Waals surface area contributed by atoms with Crippen molar-refractivity contribution >= 4 is 29.1 Å². The molecule has 0 saturated carbocycles. The standard InChI is InChI=1S/C15H23ClN2S/c1-4-17-10-12-9-13(16)5-6-14(12)18-7-8-19-15(2,3)11-18/h5-6,9,17H,4,7-8,10-11H2,1-3H3. The summed E-state index contributed by atoms with van der Waals surface area (Å²) in [7, 11) is 0. The fourth-order valence-corrected chi connectivity index (χ4v) is 3.79. The smallest absolute Gasteiger partial charge is 0.0413 e. The SMILES string of the molecule is CCNCc1cc(Cl)ccc1N1CCSC(C)(C)C1. The van der Waals surface area contributed by atoms with Crippen LogP contribution in [0.25, 0.3) is 0 Å². The molecule has 0 amide bonds. The molecule has 4 heteroatoms. The van der Waals surface area contributed by atoms with E-state index < -0.39 is 0 Å². The van der Waals surface area contributed by atoms with Crippen molar-refractivity contribution < 1.29 is 0 Å². The van der Waals surface area contributed by atoms with Crippen molar-refractivity contribution in [2.75, 3.05) is 30.3 Å². The zero-order valence-corrected chi connectivity index (χ0v) is 13.6. The van der Waals surface area contributed by atoms with Gasteiger partial charge in [-0.1, -0.05) is 18.5 Å². The lowest BCUT2D eigenvalue weighted by Crippen LogP contribution is -2.43. The molecular formula is C15H23ClN2S. The first-order valence-electron chi connectivity index (χ1n) is 6.90. The molecule has 0 bridgehead atoms. The quantitative estimate of drug-likeness (QED) is 0.911. The lowest BCUT2D eigenvalue weighted by molar-refractivity contribution is 0.642. The second-order valence-corrected chi connectivity index (χ2v) is 7.82. The Balaban J connectivity index is 2.22. The summed E-state index contributed by atoms with van der Waals surface area (Å²) >= 11 is 8.20. The van der Waals surface area contributed by atoms with Gasteiger partial charge < -0.3 is 10.2 Å². The Morgan fingerprint density at radius 2 is 2.21 bits per heavy atom. The number of benzene rings is 1. The molecule has 0 spiro atoms. The van der Waals surface area contributed by atoms with Gasteiger partial charge in [0, 0.05) is 40.8 Å². The van der Waals surface area contributed by atoms with Crippen molar-refractivity contribution in [3.05, 3.63) is 28.8 Å².